The van der Waals surface area contributed by atoms with E-state index in [9.17, 15) is 9.59 Å². The number of nitrogens with zero attached hydrogens (tertiary/aromatic N) is 1. The number of ether oxygens (including phenoxy) is 3. The van der Waals surface area contributed by atoms with Crippen molar-refractivity contribution in [1.29, 1.82) is 0 Å². The fourth-order valence-electron chi connectivity index (χ4n) is 1.89. The zero-order chi connectivity index (χ0) is 15.3. The predicted octanol–water partition coefficient (Wildman–Crippen LogP) is 1.62. The molecule has 1 aromatic carbocycles. The molecule has 6 heteroatoms. The number of carbonyl (C=O) groups is 2. The molecule has 0 heterocycles. The molecule has 1 rings (SSSR count). The normalized spacial score (nSPS) is 11.4. The highest BCUT2D eigenvalue weighted by Crippen LogP contribution is 2.29. The van der Waals surface area contributed by atoms with Crippen molar-refractivity contribution in [2.45, 2.75) is 19.9 Å². The average Bonchev–Trinajstić information content (AvgIpc) is 2.45. The fraction of sp³-hybridized carbons (Fsp3) is 0.429. The zero-order valence-electron chi connectivity index (χ0n) is 12.3. The third-order valence-electron chi connectivity index (χ3n) is 2.88. The maximum atomic E-state index is 11.8. The van der Waals surface area contributed by atoms with Gasteiger partial charge in [0.15, 0.2) is 0 Å². The Bertz CT molecular complexity index is 478. The van der Waals surface area contributed by atoms with Crippen LogP contribution in [0.5, 0.6) is 11.5 Å². The van der Waals surface area contributed by atoms with E-state index in [0.717, 1.165) is 0 Å². The quantitative estimate of drug-likeness (QED) is 0.767. The molecule has 1 amide bonds. The summed E-state index contributed by atoms with van der Waals surface area (Å²) in [6.07, 6.45) is 0. The van der Waals surface area contributed by atoms with E-state index in [0.29, 0.717) is 17.2 Å². The van der Waals surface area contributed by atoms with E-state index in [2.05, 4.69) is 4.74 Å². The second kappa shape index (κ2) is 6.79. The molecule has 0 radical (unpaired) electrons. The van der Waals surface area contributed by atoms with Gasteiger partial charge in [0.1, 0.15) is 17.5 Å². The van der Waals surface area contributed by atoms with Crippen molar-refractivity contribution in [3.8, 4) is 11.5 Å². The van der Waals surface area contributed by atoms with E-state index in [-0.39, 0.29) is 5.91 Å². The van der Waals surface area contributed by atoms with Gasteiger partial charge in [-0.2, -0.15) is 0 Å². The van der Waals surface area contributed by atoms with Gasteiger partial charge in [-0.25, -0.2) is 4.79 Å². The van der Waals surface area contributed by atoms with Crippen LogP contribution in [0.15, 0.2) is 18.2 Å². The molecule has 0 unspecified atom stereocenters. The van der Waals surface area contributed by atoms with E-state index in [1.165, 1.54) is 33.2 Å². The van der Waals surface area contributed by atoms with Crippen LogP contribution in [0.25, 0.3) is 0 Å². The minimum atomic E-state index is -0.741. The highest BCUT2D eigenvalue weighted by atomic mass is 16.5. The summed E-state index contributed by atoms with van der Waals surface area (Å²) in [6, 6.07) is 4.26. The van der Waals surface area contributed by atoms with Crippen LogP contribution in [0.4, 0.5) is 5.69 Å². The van der Waals surface area contributed by atoms with Crippen molar-refractivity contribution < 1.29 is 23.8 Å². The number of esters is 1. The first-order chi connectivity index (χ1) is 9.44. The van der Waals surface area contributed by atoms with E-state index < -0.39 is 12.0 Å². The molecule has 0 N–H and O–H groups in total. The highest BCUT2D eigenvalue weighted by Gasteiger charge is 2.26. The molecule has 0 aliphatic rings. The van der Waals surface area contributed by atoms with Gasteiger partial charge in [-0.3, -0.25) is 9.69 Å². The van der Waals surface area contributed by atoms with Crippen LogP contribution in [0.3, 0.4) is 0 Å². The lowest BCUT2D eigenvalue weighted by atomic mass is 10.2. The van der Waals surface area contributed by atoms with Crippen LogP contribution < -0.4 is 14.4 Å². The maximum Gasteiger partial charge on any atom is 0.328 e. The number of hydrogen-bond acceptors (Lipinski definition) is 5. The number of anilines is 1. The minimum Gasteiger partial charge on any atom is -0.497 e. The molecule has 110 valence electrons. The standard InChI is InChI=1S/C14H19NO5/c1-9(14(17)20-5)15(10(2)16)11-6-12(18-3)8-13(7-11)19-4/h6-9H,1-5H3/t9-/m0/s1. The van der Waals surface area contributed by atoms with Gasteiger partial charge >= 0.3 is 5.97 Å². The molecule has 6 nitrogen and oxygen atoms in total. The summed E-state index contributed by atoms with van der Waals surface area (Å²) < 4.78 is 15.0. The third kappa shape index (κ3) is 3.40. The summed E-state index contributed by atoms with van der Waals surface area (Å²) >= 11 is 0. The molecule has 1 aromatic rings. The third-order valence-corrected chi connectivity index (χ3v) is 2.88. The van der Waals surface area contributed by atoms with Crippen molar-refractivity contribution in [1.82, 2.24) is 0 Å². The SMILES string of the molecule is COC(=O)[C@H](C)N(C(C)=O)c1cc(OC)cc(OC)c1. The summed E-state index contributed by atoms with van der Waals surface area (Å²) in [5.41, 5.74) is 0.506. The molecule has 0 saturated carbocycles. The Balaban J connectivity index is 3.27. The average molecular weight is 281 g/mol. The van der Waals surface area contributed by atoms with Crippen LogP contribution in [-0.2, 0) is 14.3 Å². The van der Waals surface area contributed by atoms with Gasteiger partial charge in [-0.1, -0.05) is 0 Å². The number of carbonyl (C=O) groups excluding carboxylic acids is 2. The molecule has 0 bridgehead atoms. The first-order valence-electron chi connectivity index (χ1n) is 6.05. The highest BCUT2D eigenvalue weighted by molar-refractivity contribution is 5.98. The van der Waals surface area contributed by atoms with Crippen LogP contribution >= 0.6 is 0 Å². The van der Waals surface area contributed by atoms with Crippen LogP contribution in [0, 0.1) is 0 Å². The number of rotatable bonds is 5. The number of hydrogen-bond donors (Lipinski definition) is 0. The monoisotopic (exact) mass is 281 g/mol. The Labute approximate surface area is 118 Å². The zero-order valence-corrected chi connectivity index (χ0v) is 12.3. The molecular formula is C14H19NO5. The smallest absolute Gasteiger partial charge is 0.328 e. The molecule has 20 heavy (non-hydrogen) atoms. The summed E-state index contributed by atoms with van der Waals surface area (Å²) in [4.78, 5) is 24.8. The lowest BCUT2D eigenvalue weighted by molar-refractivity contribution is -0.142. The number of amides is 1. The van der Waals surface area contributed by atoms with Gasteiger partial charge in [0, 0.05) is 25.1 Å². The molecule has 0 saturated heterocycles. The fourth-order valence-corrected chi connectivity index (χ4v) is 1.89. The number of methoxy groups -OCH3 is 3. The van der Waals surface area contributed by atoms with Gasteiger partial charge in [0.25, 0.3) is 0 Å². The summed E-state index contributed by atoms with van der Waals surface area (Å²) in [5, 5.41) is 0. The molecule has 0 aromatic heterocycles. The second-order valence-electron chi connectivity index (χ2n) is 4.16. The van der Waals surface area contributed by atoms with Gasteiger partial charge in [0.2, 0.25) is 5.91 Å². The van der Waals surface area contributed by atoms with Gasteiger partial charge in [-0.05, 0) is 6.92 Å². The first kappa shape index (κ1) is 15.8. The summed E-state index contributed by atoms with van der Waals surface area (Å²) in [6.45, 7) is 2.98. The Morgan fingerprint density at radius 1 is 1.05 bits per heavy atom. The Kier molecular flexibility index (Phi) is 5.37. The first-order valence-corrected chi connectivity index (χ1v) is 6.05. The van der Waals surface area contributed by atoms with Gasteiger partial charge < -0.3 is 14.2 Å². The molecular weight excluding hydrogens is 262 g/mol. The van der Waals surface area contributed by atoms with E-state index in [4.69, 9.17) is 9.47 Å². The van der Waals surface area contributed by atoms with E-state index >= 15 is 0 Å². The van der Waals surface area contributed by atoms with Crippen molar-refractivity contribution >= 4 is 17.6 Å². The Morgan fingerprint density at radius 3 is 1.90 bits per heavy atom. The number of benzene rings is 1. The van der Waals surface area contributed by atoms with Crippen LogP contribution in [-0.4, -0.2) is 39.2 Å². The molecule has 0 spiro atoms. The van der Waals surface area contributed by atoms with Crippen LogP contribution in [0.2, 0.25) is 0 Å². The van der Waals surface area contributed by atoms with Gasteiger partial charge in [-0.15, -0.1) is 0 Å². The Hall–Kier alpha value is -2.24. The second-order valence-corrected chi connectivity index (χ2v) is 4.16. The van der Waals surface area contributed by atoms with Crippen molar-refractivity contribution in [2.24, 2.45) is 0 Å². The lowest BCUT2D eigenvalue weighted by Crippen LogP contribution is -2.42. The predicted molar refractivity (Wildman–Crippen MR) is 74.2 cm³/mol. The van der Waals surface area contributed by atoms with Crippen molar-refractivity contribution in [2.75, 3.05) is 26.2 Å². The molecule has 0 aliphatic heterocycles. The Morgan fingerprint density at radius 2 is 1.55 bits per heavy atom. The van der Waals surface area contributed by atoms with Crippen molar-refractivity contribution in [3.63, 3.8) is 0 Å². The van der Waals surface area contributed by atoms with Crippen LogP contribution in [0.1, 0.15) is 13.8 Å². The molecule has 0 fully saturated rings. The molecule has 1 atom stereocenters. The topological polar surface area (TPSA) is 65.1 Å². The minimum absolute atomic E-state index is 0.279. The molecule has 0 aliphatic carbocycles. The van der Waals surface area contributed by atoms with E-state index in [1.807, 2.05) is 0 Å². The van der Waals surface area contributed by atoms with Gasteiger partial charge in [0.05, 0.1) is 27.0 Å². The maximum absolute atomic E-state index is 11.8. The van der Waals surface area contributed by atoms with Crippen molar-refractivity contribution in [3.05, 3.63) is 18.2 Å². The van der Waals surface area contributed by atoms with E-state index in [1.54, 1.807) is 25.1 Å². The summed E-state index contributed by atoms with van der Waals surface area (Å²) in [7, 11) is 4.31. The summed E-state index contributed by atoms with van der Waals surface area (Å²) in [5.74, 6) is 0.283. The largest absolute Gasteiger partial charge is 0.497 e. The lowest BCUT2D eigenvalue weighted by Gasteiger charge is -2.27.